The van der Waals surface area contributed by atoms with Gasteiger partial charge < -0.3 is 10.3 Å². The number of sulfonamides is 1. The van der Waals surface area contributed by atoms with Crippen molar-refractivity contribution in [1.82, 2.24) is 24.2 Å². The van der Waals surface area contributed by atoms with Crippen LogP contribution in [0, 0.1) is 0 Å². The number of aromatic amines is 1. The van der Waals surface area contributed by atoms with E-state index in [4.69, 9.17) is 16.4 Å². The molecule has 0 fully saturated rings. The van der Waals surface area contributed by atoms with Crippen LogP contribution < -0.4 is 10.9 Å². The molecule has 0 unspecified atom stereocenters. The van der Waals surface area contributed by atoms with E-state index in [1.165, 1.54) is 43.5 Å². The van der Waals surface area contributed by atoms with Crippen molar-refractivity contribution < 1.29 is 18.0 Å². The number of hydroxylamine groups is 1. The molecular formula is C20H17ClN6O5S. The number of H-pyrrole nitrogens is 1. The summed E-state index contributed by atoms with van der Waals surface area (Å²) in [5.74, 6) is -0.585. The van der Waals surface area contributed by atoms with Crippen LogP contribution in [0.4, 0.5) is 5.69 Å². The highest BCUT2D eigenvalue weighted by molar-refractivity contribution is 7.89. The van der Waals surface area contributed by atoms with Crippen molar-refractivity contribution in [3.63, 3.8) is 0 Å². The van der Waals surface area contributed by atoms with Crippen molar-refractivity contribution in [2.45, 2.75) is 4.90 Å². The fourth-order valence-electron chi connectivity index (χ4n) is 3.07. The summed E-state index contributed by atoms with van der Waals surface area (Å²) in [6.45, 7) is 0. The number of hydrogen-bond donors (Lipinski definition) is 2. The van der Waals surface area contributed by atoms with Crippen LogP contribution in [-0.4, -0.2) is 52.7 Å². The lowest BCUT2D eigenvalue weighted by Crippen LogP contribution is -2.26. The molecule has 0 bridgehead atoms. The molecule has 0 atom stereocenters. The Morgan fingerprint density at radius 2 is 2.00 bits per heavy atom. The minimum atomic E-state index is -4.08. The highest BCUT2D eigenvalue weighted by atomic mass is 35.5. The van der Waals surface area contributed by atoms with Gasteiger partial charge in [0.05, 0.1) is 36.0 Å². The first-order valence-electron chi connectivity index (χ1n) is 9.39. The molecule has 0 saturated carbocycles. The van der Waals surface area contributed by atoms with E-state index in [-0.39, 0.29) is 26.4 Å². The molecule has 1 amide bonds. The Bertz CT molecular complexity index is 1530. The van der Waals surface area contributed by atoms with Gasteiger partial charge in [0, 0.05) is 12.6 Å². The molecule has 0 saturated heterocycles. The van der Waals surface area contributed by atoms with Gasteiger partial charge >= 0.3 is 0 Å². The van der Waals surface area contributed by atoms with Crippen molar-refractivity contribution >= 4 is 44.3 Å². The number of halogens is 1. The van der Waals surface area contributed by atoms with Gasteiger partial charge in [0.15, 0.2) is 5.65 Å². The lowest BCUT2D eigenvalue weighted by Gasteiger charge is -2.16. The van der Waals surface area contributed by atoms with Crippen molar-refractivity contribution in [1.29, 1.82) is 0 Å². The van der Waals surface area contributed by atoms with Gasteiger partial charge in [0.25, 0.3) is 21.5 Å². The smallest absolute Gasteiger partial charge is 0.266 e. The first-order chi connectivity index (χ1) is 15.7. The molecule has 0 radical (unpaired) electrons. The van der Waals surface area contributed by atoms with Crippen LogP contribution in [0.15, 0.2) is 64.7 Å². The Morgan fingerprint density at radius 3 is 2.76 bits per heavy atom. The third-order valence-electron chi connectivity index (χ3n) is 4.82. The average Bonchev–Trinajstić information content (AvgIpc) is 3.24. The second-order valence-electron chi connectivity index (χ2n) is 6.74. The quantitative estimate of drug-likeness (QED) is 0.396. The normalized spacial score (nSPS) is 11.8. The van der Waals surface area contributed by atoms with Crippen molar-refractivity contribution in [2.75, 3.05) is 19.5 Å². The summed E-state index contributed by atoms with van der Waals surface area (Å²) in [5, 5.41) is 7.19. The standard InChI is InChI=1S/C20H17ClN6O5S/c1-26(32-2)33(30,31)17-9-12(7-8-14(17)21)19(28)25-15-5-3-4-6-16(15)27-18-13(10-24-27)20(29)23-11-22-18/h3-11H,1-2H3,(H,25,28)(H,22,23,29). The summed E-state index contributed by atoms with van der Waals surface area (Å²) in [5.41, 5.74) is 0.839. The summed E-state index contributed by atoms with van der Waals surface area (Å²) in [4.78, 5) is 36.1. The number of aromatic nitrogens is 4. The van der Waals surface area contributed by atoms with E-state index in [9.17, 15) is 18.0 Å². The minimum Gasteiger partial charge on any atom is -0.320 e. The molecule has 4 rings (SSSR count). The second-order valence-corrected chi connectivity index (χ2v) is 9.05. The van der Waals surface area contributed by atoms with Gasteiger partial charge in [-0.15, -0.1) is 0 Å². The number of carbonyl (C=O) groups is 1. The van der Waals surface area contributed by atoms with Crippen molar-refractivity contribution in [3.8, 4) is 5.69 Å². The Morgan fingerprint density at radius 1 is 1.24 bits per heavy atom. The maximum atomic E-state index is 13.0. The largest absolute Gasteiger partial charge is 0.320 e. The van der Waals surface area contributed by atoms with Crippen LogP contribution in [0.1, 0.15) is 10.4 Å². The molecule has 2 aromatic carbocycles. The van der Waals surface area contributed by atoms with Crippen molar-refractivity contribution in [2.24, 2.45) is 0 Å². The Balaban J connectivity index is 1.72. The summed E-state index contributed by atoms with van der Waals surface area (Å²) < 4.78 is 27.3. The van der Waals surface area contributed by atoms with E-state index in [1.807, 2.05) is 0 Å². The molecule has 13 heteroatoms. The summed E-state index contributed by atoms with van der Waals surface area (Å²) >= 11 is 6.07. The number of benzene rings is 2. The molecule has 4 aromatic rings. The number of amides is 1. The van der Waals surface area contributed by atoms with Gasteiger partial charge in [-0.25, -0.2) is 18.1 Å². The lowest BCUT2D eigenvalue weighted by molar-refractivity contribution is -0.0258. The van der Waals surface area contributed by atoms with Crippen LogP contribution in [-0.2, 0) is 14.9 Å². The highest BCUT2D eigenvalue weighted by Gasteiger charge is 2.25. The SMILES string of the molecule is CON(C)S(=O)(=O)c1cc(C(=O)Nc2ccccc2-n2ncc3c(=O)[nH]cnc32)ccc1Cl. The first-order valence-corrected chi connectivity index (χ1v) is 11.2. The maximum Gasteiger partial charge on any atom is 0.266 e. The van der Waals surface area contributed by atoms with Crippen LogP contribution in [0.3, 0.4) is 0 Å². The fourth-order valence-corrected chi connectivity index (χ4v) is 4.54. The molecule has 2 heterocycles. The number of fused-ring (bicyclic) bond motifs is 1. The number of nitrogens with one attached hydrogen (secondary N) is 2. The van der Waals surface area contributed by atoms with Gasteiger partial charge in [0.1, 0.15) is 10.3 Å². The highest BCUT2D eigenvalue weighted by Crippen LogP contribution is 2.27. The van der Waals surface area contributed by atoms with E-state index in [0.717, 1.165) is 6.07 Å². The average molecular weight is 489 g/mol. The molecule has 0 aliphatic carbocycles. The summed E-state index contributed by atoms with van der Waals surface area (Å²) in [6, 6.07) is 10.6. The molecule has 2 aromatic heterocycles. The molecule has 0 spiro atoms. The number of anilines is 1. The van der Waals surface area contributed by atoms with Gasteiger partial charge in [-0.2, -0.15) is 5.10 Å². The third-order valence-corrected chi connectivity index (χ3v) is 6.98. The third kappa shape index (κ3) is 4.12. The van der Waals surface area contributed by atoms with E-state index >= 15 is 0 Å². The topological polar surface area (TPSA) is 139 Å². The zero-order chi connectivity index (χ0) is 23.8. The van der Waals surface area contributed by atoms with E-state index in [2.05, 4.69) is 20.4 Å². The molecule has 11 nitrogen and oxygen atoms in total. The van der Waals surface area contributed by atoms with Crippen LogP contribution in [0.25, 0.3) is 16.7 Å². The zero-order valence-corrected chi connectivity index (χ0v) is 18.9. The van der Waals surface area contributed by atoms with Crippen LogP contribution in [0.5, 0.6) is 0 Å². The number of nitrogens with zero attached hydrogens (tertiary/aromatic N) is 4. The first kappa shape index (κ1) is 22.6. The Hall–Kier alpha value is -3.58. The van der Waals surface area contributed by atoms with Crippen molar-refractivity contribution in [3.05, 3.63) is 75.9 Å². The van der Waals surface area contributed by atoms with E-state index in [0.29, 0.717) is 21.5 Å². The molecule has 2 N–H and O–H groups in total. The Labute approximate surface area is 192 Å². The number of hydrogen-bond acceptors (Lipinski definition) is 7. The Kier molecular flexibility index (Phi) is 5.99. The molecule has 33 heavy (non-hydrogen) atoms. The molecule has 0 aliphatic rings. The maximum absolute atomic E-state index is 13.0. The zero-order valence-electron chi connectivity index (χ0n) is 17.3. The fraction of sp³-hybridized carbons (Fsp3) is 0.100. The summed E-state index contributed by atoms with van der Waals surface area (Å²) in [7, 11) is -1.67. The molecule has 0 aliphatic heterocycles. The van der Waals surface area contributed by atoms with Crippen LogP contribution >= 0.6 is 11.6 Å². The van der Waals surface area contributed by atoms with Gasteiger partial charge in [-0.1, -0.05) is 28.2 Å². The van der Waals surface area contributed by atoms with E-state index in [1.54, 1.807) is 24.3 Å². The predicted octanol–water partition coefficient (Wildman–Crippen LogP) is 2.20. The van der Waals surface area contributed by atoms with Gasteiger partial charge in [-0.05, 0) is 30.3 Å². The number of para-hydroxylation sites is 2. The number of carbonyl (C=O) groups excluding carboxylic acids is 1. The van der Waals surface area contributed by atoms with Gasteiger partial charge in [0.2, 0.25) is 0 Å². The molecular weight excluding hydrogens is 472 g/mol. The minimum absolute atomic E-state index is 0.0529. The molecule has 170 valence electrons. The monoisotopic (exact) mass is 488 g/mol. The van der Waals surface area contributed by atoms with Crippen LogP contribution in [0.2, 0.25) is 5.02 Å². The van der Waals surface area contributed by atoms with E-state index < -0.39 is 15.9 Å². The number of rotatable bonds is 6. The van der Waals surface area contributed by atoms with Gasteiger partial charge in [-0.3, -0.25) is 14.4 Å². The predicted molar refractivity (Wildman–Crippen MR) is 121 cm³/mol. The second kappa shape index (κ2) is 8.75. The lowest BCUT2D eigenvalue weighted by atomic mass is 10.2. The summed E-state index contributed by atoms with van der Waals surface area (Å²) in [6.07, 6.45) is 2.64.